The van der Waals surface area contributed by atoms with Gasteiger partial charge >= 0.3 is 5.97 Å². The van der Waals surface area contributed by atoms with Gasteiger partial charge in [0.1, 0.15) is 0 Å². The van der Waals surface area contributed by atoms with Crippen LogP contribution in [0.2, 0.25) is 0 Å². The number of rotatable bonds is 10. The maximum Gasteiger partial charge on any atom is 0.312 e. The lowest BCUT2D eigenvalue weighted by atomic mass is 9.70. The molecule has 2 fully saturated rings. The summed E-state index contributed by atoms with van der Waals surface area (Å²) in [4.78, 5) is 11.7. The zero-order valence-electron chi connectivity index (χ0n) is 12.9. The Bertz CT molecular complexity index is 315. The first-order chi connectivity index (χ1) is 9.69. The highest BCUT2D eigenvalue weighted by molar-refractivity contribution is 5.76. The van der Waals surface area contributed by atoms with Crippen molar-refractivity contribution in [3.63, 3.8) is 0 Å². The molecule has 0 aromatic carbocycles. The number of aliphatic carboxylic acids is 1. The van der Waals surface area contributed by atoms with E-state index in [9.17, 15) is 9.90 Å². The predicted octanol–water partition coefficient (Wildman–Crippen LogP) is 4.54. The molecule has 0 aromatic rings. The molecule has 0 radical (unpaired) electrons. The molecule has 0 amide bonds. The zero-order chi connectivity index (χ0) is 14.4. The highest BCUT2D eigenvalue weighted by Gasteiger charge is 2.56. The smallest absolute Gasteiger partial charge is 0.312 e. The van der Waals surface area contributed by atoms with E-state index in [1.807, 2.05) is 0 Å². The van der Waals surface area contributed by atoms with Gasteiger partial charge in [-0.2, -0.15) is 0 Å². The van der Waals surface area contributed by atoms with E-state index in [-0.39, 0.29) is 12.2 Å². The number of fused-ring (bicyclic) bond motifs is 2. The fraction of sp³-hybridized carbons (Fsp3) is 0.941. The van der Waals surface area contributed by atoms with Crippen molar-refractivity contribution in [2.75, 3.05) is 0 Å². The van der Waals surface area contributed by atoms with E-state index in [1.165, 1.54) is 44.9 Å². The largest absolute Gasteiger partial charge is 0.481 e. The van der Waals surface area contributed by atoms with Crippen LogP contribution in [0.25, 0.3) is 0 Å². The fourth-order valence-electron chi connectivity index (χ4n) is 3.97. The van der Waals surface area contributed by atoms with Crippen molar-refractivity contribution in [1.82, 2.24) is 0 Å². The van der Waals surface area contributed by atoms with Crippen molar-refractivity contribution in [2.24, 2.45) is 5.41 Å². The summed E-state index contributed by atoms with van der Waals surface area (Å²) in [6.07, 6.45) is 13.9. The molecular formula is C17H30O3. The van der Waals surface area contributed by atoms with Gasteiger partial charge in [-0.1, -0.05) is 58.3 Å². The molecule has 3 unspecified atom stereocenters. The van der Waals surface area contributed by atoms with Crippen LogP contribution in [0, 0.1) is 5.41 Å². The van der Waals surface area contributed by atoms with E-state index >= 15 is 0 Å². The van der Waals surface area contributed by atoms with E-state index in [1.54, 1.807) is 0 Å². The molecule has 2 saturated heterocycles. The third-order valence-corrected chi connectivity index (χ3v) is 5.22. The Morgan fingerprint density at radius 1 is 1.10 bits per heavy atom. The topological polar surface area (TPSA) is 46.5 Å². The summed E-state index contributed by atoms with van der Waals surface area (Å²) in [6, 6.07) is 0. The molecule has 0 spiro atoms. The maximum absolute atomic E-state index is 11.7. The van der Waals surface area contributed by atoms with Gasteiger partial charge in [0.25, 0.3) is 0 Å². The molecule has 0 aliphatic carbocycles. The van der Waals surface area contributed by atoms with Crippen LogP contribution in [0.1, 0.15) is 84.0 Å². The minimum atomic E-state index is -0.618. The van der Waals surface area contributed by atoms with Crippen molar-refractivity contribution >= 4 is 5.97 Å². The van der Waals surface area contributed by atoms with Gasteiger partial charge in [-0.3, -0.25) is 4.79 Å². The van der Waals surface area contributed by atoms with E-state index in [0.29, 0.717) is 0 Å². The predicted molar refractivity (Wildman–Crippen MR) is 79.8 cm³/mol. The van der Waals surface area contributed by atoms with Crippen LogP contribution in [0.15, 0.2) is 0 Å². The van der Waals surface area contributed by atoms with Crippen LogP contribution >= 0.6 is 0 Å². The minimum absolute atomic E-state index is 0.00504. The Balaban J connectivity index is 1.63. The number of carboxylic acid groups (broad SMARTS) is 1. The van der Waals surface area contributed by atoms with E-state index in [0.717, 1.165) is 32.1 Å². The first kappa shape index (κ1) is 15.8. The maximum atomic E-state index is 11.7. The lowest BCUT2D eigenvalue weighted by Gasteiger charge is -2.30. The average Bonchev–Trinajstić information content (AvgIpc) is 3.03. The highest BCUT2D eigenvalue weighted by atomic mass is 16.5. The van der Waals surface area contributed by atoms with Crippen molar-refractivity contribution in [3.05, 3.63) is 0 Å². The lowest BCUT2D eigenvalue weighted by molar-refractivity contribution is -0.153. The Morgan fingerprint density at radius 3 is 2.25 bits per heavy atom. The third-order valence-electron chi connectivity index (χ3n) is 5.22. The van der Waals surface area contributed by atoms with Crippen molar-refractivity contribution in [3.8, 4) is 0 Å². The number of carbonyl (C=O) groups is 1. The lowest BCUT2D eigenvalue weighted by Crippen LogP contribution is -2.40. The van der Waals surface area contributed by atoms with Gasteiger partial charge in [0.2, 0.25) is 0 Å². The minimum Gasteiger partial charge on any atom is -0.481 e. The summed E-state index contributed by atoms with van der Waals surface area (Å²) in [5, 5.41) is 9.61. The van der Waals surface area contributed by atoms with Crippen LogP contribution in [0.5, 0.6) is 0 Å². The molecule has 2 bridgehead atoms. The summed E-state index contributed by atoms with van der Waals surface area (Å²) in [7, 11) is 0. The molecule has 2 rings (SSSR count). The van der Waals surface area contributed by atoms with Crippen LogP contribution in [0.3, 0.4) is 0 Å². The van der Waals surface area contributed by atoms with Crippen LogP contribution in [0.4, 0.5) is 0 Å². The Hall–Kier alpha value is -0.570. The normalized spacial score (nSPS) is 31.9. The quantitative estimate of drug-likeness (QED) is 0.598. The standard InChI is InChI=1S/C17H30O3/c1-2-3-4-5-6-7-8-9-12-17(16(18)19)13-14-10-11-15(17)20-14/h14-15H,2-13H2,1H3,(H,18,19). The van der Waals surface area contributed by atoms with Crippen LogP contribution in [-0.2, 0) is 9.53 Å². The Morgan fingerprint density at radius 2 is 1.75 bits per heavy atom. The molecule has 1 N–H and O–H groups in total. The number of hydrogen-bond acceptors (Lipinski definition) is 2. The second kappa shape index (κ2) is 7.44. The molecule has 2 aliphatic heterocycles. The molecule has 2 aliphatic rings. The number of hydrogen-bond donors (Lipinski definition) is 1. The monoisotopic (exact) mass is 282 g/mol. The van der Waals surface area contributed by atoms with Crippen molar-refractivity contribution in [1.29, 1.82) is 0 Å². The van der Waals surface area contributed by atoms with Crippen LogP contribution < -0.4 is 0 Å². The molecule has 0 aromatic heterocycles. The summed E-state index contributed by atoms with van der Waals surface area (Å²) >= 11 is 0. The van der Waals surface area contributed by atoms with E-state index in [2.05, 4.69) is 6.92 Å². The van der Waals surface area contributed by atoms with Gasteiger partial charge in [-0.05, 0) is 25.7 Å². The summed E-state index contributed by atoms with van der Waals surface area (Å²) in [6.45, 7) is 2.24. The highest BCUT2D eigenvalue weighted by Crippen LogP contribution is 2.50. The summed E-state index contributed by atoms with van der Waals surface area (Å²) in [5.41, 5.74) is -0.550. The second-order valence-electron chi connectivity index (χ2n) is 6.71. The van der Waals surface area contributed by atoms with Gasteiger partial charge in [-0.15, -0.1) is 0 Å². The molecule has 2 heterocycles. The first-order valence-corrected chi connectivity index (χ1v) is 8.58. The summed E-state index contributed by atoms with van der Waals surface area (Å²) < 4.78 is 5.79. The molecule has 0 saturated carbocycles. The average molecular weight is 282 g/mol. The molecule has 20 heavy (non-hydrogen) atoms. The molecule has 3 nitrogen and oxygen atoms in total. The van der Waals surface area contributed by atoms with Gasteiger partial charge in [0, 0.05) is 0 Å². The number of carboxylic acids is 1. The van der Waals surface area contributed by atoms with E-state index in [4.69, 9.17) is 4.74 Å². The van der Waals surface area contributed by atoms with E-state index < -0.39 is 11.4 Å². The zero-order valence-corrected chi connectivity index (χ0v) is 12.9. The van der Waals surface area contributed by atoms with Gasteiger partial charge < -0.3 is 9.84 Å². The molecule has 3 atom stereocenters. The Labute approximate surface area is 123 Å². The van der Waals surface area contributed by atoms with Gasteiger partial charge in [0.05, 0.1) is 17.6 Å². The second-order valence-corrected chi connectivity index (χ2v) is 6.71. The summed E-state index contributed by atoms with van der Waals surface area (Å²) in [5.74, 6) is -0.618. The third kappa shape index (κ3) is 3.55. The molecule has 116 valence electrons. The molecular weight excluding hydrogens is 252 g/mol. The fourth-order valence-corrected chi connectivity index (χ4v) is 3.97. The number of ether oxygens (including phenoxy) is 1. The Kier molecular flexibility index (Phi) is 5.88. The van der Waals surface area contributed by atoms with Crippen molar-refractivity contribution < 1.29 is 14.6 Å². The van der Waals surface area contributed by atoms with Gasteiger partial charge in [0.15, 0.2) is 0 Å². The first-order valence-electron chi connectivity index (χ1n) is 8.58. The van der Waals surface area contributed by atoms with Gasteiger partial charge in [-0.25, -0.2) is 0 Å². The molecule has 3 heteroatoms. The SMILES string of the molecule is CCCCCCCCCCC1(C(=O)O)CC2CCC1O2. The van der Waals surface area contributed by atoms with Crippen molar-refractivity contribution in [2.45, 2.75) is 96.2 Å². The van der Waals surface area contributed by atoms with Crippen LogP contribution in [-0.4, -0.2) is 23.3 Å². The number of unbranched alkanes of at least 4 members (excludes halogenated alkanes) is 7.